The van der Waals surface area contributed by atoms with Crippen LogP contribution in [0.5, 0.6) is 5.75 Å². The van der Waals surface area contributed by atoms with Crippen LogP contribution in [0.3, 0.4) is 0 Å². The van der Waals surface area contributed by atoms with Crippen LogP contribution in [-0.2, 0) is 14.3 Å². The summed E-state index contributed by atoms with van der Waals surface area (Å²) in [5, 5.41) is 25.7. The van der Waals surface area contributed by atoms with Crippen molar-refractivity contribution in [2.24, 2.45) is 0 Å². The Morgan fingerprint density at radius 2 is 1.77 bits per heavy atom. The molecule has 1 aromatic rings. The van der Waals surface area contributed by atoms with E-state index in [0.29, 0.717) is 18.4 Å². The number of carbonyl (C=O) groups excluding carboxylic acids is 3. The van der Waals surface area contributed by atoms with Crippen LogP contribution in [0.25, 0.3) is 0 Å². The molecule has 2 fully saturated rings. The van der Waals surface area contributed by atoms with Gasteiger partial charge in [0.05, 0.1) is 6.61 Å². The quantitative estimate of drug-likeness (QED) is 0.444. The van der Waals surface area contributed by atoms with Gasteiger partial charge in [-0.3, -0.25) is 9.59 Å². The molecule has 0 saturated heterocycles. The third kappa shape index (κ3) is 7.34. The van der Waals surface area contributed by atoms with E-state index >= 15 is 0 Å². The Labute approximate surface area is 207 Å². The number of hydrogen-bond donors (Lipinski definition) is 4. The Bertz CT molecular complexity index is 889. The van der Waals surface area contributed by atoms with E-state index in [0.717, 1.165) is 38.5 Å². The summed E-state index contributed by atoms with van der Waals surface area (Å²) in [6.45, 7) is 4.47. The van der Waals surface area contributed by atoms with Gasteiger partial charge in [-0.05, 0) is 70.6 Å². The van der Waals surface area contributed by atoms with Crippen molar-refractivity contribution in [1.82, 2.24) is 15.5 Å². The third-order valence-electron chi connectivity index (χ3n) is 6.56. The highest BCUT2D eigenvalue weighted by atomic mass is 16.6. The Hall–Kier alpha value is -2.81. The normalized spacial score (nSPS) is 18.6. The zero-order chi connectivity index (χ0) is 25.6. The molecule has 2 unspecified atom stereocenters. The number of phenols is 1. The van der Waals surface area contributed by atoms with Gasteiger partial charge in [0.2, 0.25) is 11.8 Å². The van der Waals surface area contributed by atoms with Crippen LogP contribution in [0.2, 0.25) is 0 Å². The fraction of sp³-hybridized carbons (Fsp3) is 0.654. The summed E-state index contributed by atoms with van der Waals surface area (Å²) in [7, 11) is 0. The van der Waals surface area contributed by atoms with Crippen molar-refractivity contribution in [1.29, 1.82) is 0 Å². The van der Waals surface area contributed by atoms with Crippen LogP contribution in [0.15, 0.2) is 24.3 Å². The van der Waals surface area contributed by atoms with Crippen LogP contribution in [0.1, 0.15) is 83.7 Å². The van der Waals surface area contributed by atoms with Crippen molar-refractivity contribution in [3.63, 3.8) is 0 Å². The molecule has 0 aromatic heterocycles. The number of amides is 3. The van der Waals surface area contributed by atoms with Gasteiger partial charge in [0.1, 0.15) is 23.4 Å². The van der Waals surface area contributed by atoms with Crippen molar-refractivity contribution < 1.29 is 29.3 Å². The summed E-state index contributed by atoms with van der Waals surface area (Å²) < 4.78 is 5.27. The first-order valence-corrected chi connectivity index (χ1v) is 12.6. The number of alkyl carbamates (subject to hydrolysis) is 1. The van der Waals surface area contributed by atoms with Crippen LogP contribution < -0.4 is 10.6 Å². The number of carbonyl (C=O) groups is 3. The molecule has 0 aliphatic heterocycles. The largest absolute Gasteiger partial charge is 0.508 e. The number of nitrogens with zero attached hydrogens (tertiary/aromatic N) is 1. The first-order valence-electron chi connectivity index (χ1n) is 12.6. The van der Waals surface area contributed by atoms with Gasteiger partial charge in [-0.1, -0.05) is 31.4 Å². The Balaban J connectivity index is 1.91. The van der Waals surface area contributed by atoms with E-state index in [1.165, 1.54) is 17.0 Å². The molecule has 0 bridgehead atoms. The topological polar surface area (TPSA) is 128 Å². The molecule has 35 heavy (non-hydrogen) atoms. The van der Waals surface area contributed by atoms with Gasteiger partial charge in [-0.15, -0.1) is 0 Å². The lowest BCUT2D eigenvalue weighted by molar-refractivity contribution is -0.148. The molecule has 3 rings (SSSR count). The second-order valence-corrected chi connectivity index (χ2v) is 10.6. The Kier molecular flexibility index (Phi) is 8.99. The predicted octanol–water partition coefficient (Wildman–Crippen LogP) is 3.15. The van der Waals surface area contributed by atoms with Gasteiger partial charge in [0.15, 0.2) is 0 Å². The molecule has 0 spiro atoms. The Morgan fingerprint density at radius 1 is 1.09 bits per heavy atom. The number of aliphatic hydroxyl groups excluding tert-OH is 1. The summed E-state index contributed by atoms with van der Waals surface area (Å²) in [5.74, 6) is -0.892. The maximum absolute atomic E-state index is 13.8. The minimum Gasteiger partial charge on any atom is -0.508 e. The molecule has 9 heteroatoms. The van der Waals surface area contributed by atoms with Gasteiger partial charge >= 0.3 is 6.09 Å². The molecular formula is C26H39N3O6. The van der Waals surface area contributed by atoms with Gasteiger partial charge in [-0.2, -0.15) is 0 Å². The van der Waals surface area contributed by atoms with E-state index in [2.05, 4.69) is 10.6 Å². The first-order chi connectivity index (χ1) is 16.6. The maximum atomic E-state index is 13.8. The second-order valence-electron chi connectivity index (χ2n) is 10.6. The smallest absolute Gasteiger partial charge is 0.408 e. The highest BCUT2D eigenvalue weighted by Crippen LogP contribution is 2.35. The number of aromatic hydroxyl groups is 1. The summed E-state index contributed by atoms with van der Waals surface area (Å²) in [4.78, 5) is 41.3. The zero-order valence-corrected chi connectivity index (χ0v) is 21.0. The molecule has 194 valence electrons. The lowest BCUT2D eigenvalue weighted by atomic mass is 9.87. The average molecular weight is 490 g/mol. The number of benzene rings is 1. The molecule has 2 saturated carbocycles. The molecule has 2 atom stereocenters. The third-order valence-corrected chi connectivity index (χ3v) is 6.56. The maximum Gasteiger partial charge on any atom is 0.408 e. The van der Waals surface area contributed by atoms with Gasteiger partial charge in [-0.25, -0.2) is 4.79 Å². The van der Waals surface area contributed by atoms with Gasteiger partial charge < -0.3 is 30.5 Å². The molecule has 0 heterocycles. The molecular weight excluding hydrogens is 450 g/mol. The van der Waals surface area contributed by atoms with E-state index < -0.39 is 36.3 Å². The zero-order valence-electron chi connectivity index (χ0n) is 21.0. The number of aliphatic hydroxyl groups is 1. The molecule has 2 aliphatic carbocycles. The fourth-order valence-corrected chi connectivity index (χ4v) is 4.66. The molecule has 3 amide bonds. The summed E-state index contributed by atoms with van der Waals surface area (Å²) in [6, 6.07) is 3.87. The molecule has 4 N–H and O–H groups in total. The van der Waals surface area contributed by atoms with E-state index in [1.807, 2.05) is 0 Å². The molecule has 2 aliphatic rings. The monoisotopic (exact) mass is 489 g/mol. The number of hydrogen-bond acceptors (Lipinski definition) is 6. The first kappa shape index (κ1) is 26.8. The lowest BCUT2D eigenvalue weighted by Gasteiger charge is -2.43. The number of rotatable bonds is 8. The van der Waals surface area contributed by atoms with Crippen molar-refractivity contribution in [2.75, 3.05) is 6.61 Å². The SMILES string of the molecule is CC(C)(C)OC(=O)NC(CO)C(=O)N(C1CCC1)C(C(=O)NC1CCCCC1)c1cccc(O)c1. The van der Waals surface area contributed by atoms with Crippen LogP contribution in [0.4, 0.5) is 4.79 Å². The second kappa shape index (κ2) is 11.7. The van der Waals surface area contributed by atoms with Crippen LogP contribution in [0, 0.1) is 0 Å². The Morgan fingerprint density at radius 3 is 2.31 bits per heavy atom. The average Bonchev–Trinajstić information content (AvgIpc) is 2.75. The highest BCUT2D eigenvalue weighted by molar-refractivity contribution is 5.92. The summed E-state index contributed by atoms with van der Waals surface area (Å²) in [6.07, 6.45) is 6.51. The van der Waals surface area contributed by atoms with E-state index in [9.17, 15) is 24.6 Å². The standard InChI is InChI=1S/C26H39N3O6/c1-26(2,3)35-25(34)28-21(16-30)24(33)29(19-12-8-13-19)22(17-9-7-14-20(31)15-17)23(32)27-18-10-5-4-6-11-18/h7,9,14-15,18-19,21-22,30-31H,4-6,8,10-13,16H2,1-3H3,(H,27,32)(H,28,34). The number of phenolic OH excluding ortho intramolecular Hbond substituents is 1. The van der Waals surface area contributed by atoms with Gasteiger partial charge in [0, 0.05) is 12.1 Å². The molecule has 1 aromatic carbocycles. The summed E-state index contributed by atoms with van der Waals surface area (Å²) in [5.41, 5.74) is -0.294. The van der Waals surface area contributed by atoms with E-state index in [1.54, 1.807) is 32.9 Å². The van der Waals surface area contributed by atoms with Crippen LogP contribution >= 0.6 is 0 Å². The highest BCUT2D eigenvalue weighted by Gasteiger charge is 2.42. The number of nitrogens with one attached hydrogen (secondary N) is 2. The van der Waals surface area contributed by atoms with E-state index in [4.69, 9.17) is 4.74 Å². The van der Waals surface area contributed by atoms with Crippen molar-refractivity contribution in [3.8, 4) is 5.75 Å². The van der Waals surface area contributed by atoms with Crippen molar-refractivity contribution in [2.45, 2.75) is 102 Å². The number of ether oxygens (including phenoxy) is 1. The minimum atomic E-state index is -1.27. The van der Waals surface area contributed by atoms with Crippen molar-refractivity contribution in [3.05, 3.63) is 29.8 Å². The summed E-state index contributed by atoms with van der Waals surface area (Å²) >= 11 is 0. The predicted molar refractivity (Wildman–Crippen MR) is 131 cm³/mol. The van der Waals surface area contributed by atoms with Crippen LogP contribution in [-0.4, -0.2) is 63.4 Å². The van der Waals surface area contributed by atoms with E-state index in [-0.39, 0.29) is 23.7 Å². The molecule has 0 radical (unpaired) electrons. The lowest BCUT2D eigenvalue weighted by Crippen LogP contribution is -2.59. The van der Waals surface area contributed by atoms with Crippen molar-refractivity contribution >= 4 is 17.9 Å². The molecule has 9 nitrogen and oxygen atoms in total. The minimum absolute atomic E-state index is 0.00966. The fourth-order valence-electron chi connectivity index (χ4n) is 4.66. The van der Waals surface area contributed by atoms with Gasteiger partial charge in [0.25, 0.3) is 0 Å².